The summed E-state index contributed by atoms with van der Waals surface area (Å²) in [6.45, 7) is 12.2. The van der Waals surface area contributed by atoms with E-state index in [2.05, 4.69) is 6.58 Å². The lowest BCUT2D eigenvalue weighted by Crippen LogP contribution is -2.86. The number of carbonyl (C=O) groups excluding carboxylic acids is 2. The molecule has 0 bridgehead atoms. The van der Waals surface area contributed by atoms with Crippen LogP contribution < -0.4 is 11.3 Å². The van der Waals surface area contributed by atoms with E-state index in [9.17, 15) is 24.9 Å². The lowest BCUT2D eigenvalue weighted by molar-refractivity contribution is -0.369. The maximum atomic E-state index is 13.5. The quantitative estimate of drug-likeness (QED) is 0.186. The number of Topliss-reactive ketones (excluding diaryl/α,β-unsaturated/α-hetero) is 1. The molecular weight excluding hydrogens is 392 g/mol. The number of aliphatic hydroxyl groups excluding tert-OH is 2. The first kappa shape index (κ1) is 23.1. The standard InChI is InChI=1S/C21H34N2O7/c1-7-18(4)10-12(25)21(28)19(5)11(24)8-9-17(2,3)14(19)13(29-16(27)23-22)15(26)20(21,6)30-18/h7,11,13-15,24,26,28H,1,8-10,22H2,2-6H3,(H,23,27)/t11-,13-,14-,15-,18-,19-,20+,21-/m0/s1. The third-order valence-electron chi connectivity index (χ3n) is 8.10. The monoisotopic (exact) mass is 426 g/mol. The van der Waals surface area contributed by atoms with Gasteiger partial charge in [-0.2, -0.15) is 0 Å². The second-order valence-electron chi connectivity index (χ2n) is 10.3. The fourth-order valence-corrected chi connectivity index (χ4v) is 6.56. The van der Waals surface area contributed by atoms with E-state index in [0.29, 0.717) is 12.8 Å². The molecule has 9 heteroatoms. The van der Waals surface area contributed by atoms with Crippen LogP contribution >= 0.6 is 0 Å². The van der Waals surface area contributed by atoms with Gasteiger partial charge in [-0.15, -0.1) is 6.58 Å². The average Bonchev–Trinajstić information content (AvgIpc) is 2.66. The van der Waals surface area contributed by atoms with Gasteiger partial charge in [-0.05, 0) is 32.1 Å². The van der Waals surface area contributed by atoms with Gasteiger partial charge in [0.15, 0.2) is 11.4 Å². The first-order chi connectivity index (χ1) is 13.6. The van der Waals surface area contributed by atoms with Crippen molar-refractivity contribution >= 4 is 11.9 Å². The van der Waals surface area contributed by atoms with E-state index in [1.165, 1.54) is 13.0 Å². The number of ketones is 1. The zero-order valence-corrected chi connectivity index (χ0v) is 18.3. The summed E-state index contributed by atoms with van der Waals surface area (Å²) in [6.07, 6.45) is -2.70. The normalized spacial score (nSPS) is 50.1. The van der Waals surface area contributed by atoms with E-state index in [1.54, 1.807) is 13.8 Å². The summed E-state index contributed by atoms with van der Waals surface area (Å²) in [5.74, 6) is 3.89. The molecule has 1 aliphatic heterocycles. The second kappa shape index (κ2) is 6.74. The Morgan fingerprint density at radius 2 is 1.90 bits per heavy atom. The molecule has 0 aromatic rings. The minimum absolute atomic E-state index is 0.167. The summed E-state index contributed by atoms with van der Waals surface area (Å²) < 4.78 is 11.7. The average molecular weight is 427 g/mol. The molecule has 9 nitrogen and oxygen atoms in total. The molecule has 0 aromatic heterocycles. The molecule has 30 heavy (non-hydrogen) atoms. The molecule has 0 unspecified atom stereocenters. The van der Waals surface area contributed by atoms with Crippen molar-refractivity contribution < 1.29 is 34.4 Å². The van der Waals surface area contributed by atoms with Gasteiger partial charge in [-0.3, -0.25) is 10.2 Å². The molecule has 1 heterocycles. The van der Waals surface area contributed by atoms with Crippen LogP contribution in [-0.4, -0.2) is 62.3 Å². The molecule has 0 aromatic carbocycles. The maximum Gasteiger partial charge on any atom is 0.421 e. The van der Waals surface area contributed by atoms with Gasteiger partial charge in [0.25, 0.3) is 0 Å². The van der Waals surface area contributed by atoms with E-state index < -0.39 is 63.7 Å². The number of nitrogens with two attached hydrogens (primary N) is 1. The first-order valence-electron chi connectivity index (χ1n) is 10.3. The SMILES string of the molecule is C=C[C@@]1(C)CC(=O)[C@]2(O)[C@@]3(C)[C@@H](O)CCC(C)(C)[C@@H]3[C@H](OC(=O)NN)[C@H](O)[C@@]2(C)O1. The Balaban J connectivity index is 2.30. The van der Waals surface area contributed by atoms with Gasteiger partial charge < -0.3 is 24.8 Å². The van der Waals surface area contributed by atoms with E-state index in [4.69, 9.17) is 15.3 Å². The summed E-state index contributed by atoms with van der Waals surface area (Å²) in [5, 5.41) is 34.7. The Hall–Kier alpha value is -1.52. The van der Waals surface area contributed by atoms with Crippen molar-refractivity contribution in [3.05, 3.63) is 12.7 Å². The van der Waals surface area contributed by atoms with Crippen molar-refractivity contribution in [3.8, 4) is 0 Å². The number of carbonyl (C=O) groups is 2. The lowest BCUT2D eigenvalue weighted by Gasteiger charge is -2.71. The molecule has 2 saturated carbocycles. The smallest absolute Gasteiger partial charge is 0.421 e. The molecule has 3 aliphatic rings. The van der Waals surface area contributed by atoms with Gasteiger partial charge in [0.1, 0.15) is 17.8 Å². The number of hydrogen-bond donors (Lipinski definition) is 5. The Morgan fingerprint density at radius 3 is 2.43 bits per heavy atom. The highest BCUT2D eigenvalue weighted by Crippen LogP contribution is 2.67. The molecule has 0 spiro atoms. The molecule has 3 fully saturated rings. The van der Waals surface area contributed by atoms with Crippen molar-refractivity contribution in [2.75, 3.05) is 0 Å². The number of amides is 1. The number of rotatable bonds is 2. The minimum atomic E-state index is -2.23. The van der Waals surface area contributed by atoms with E-state index >= 15 is 0 Å². The van der Waals surface area contributed by atoms with Crippen molar-refractivity contribution in [1.29, 1.82) is 0 Å². The molecule has 6 N–H and O–H groups in total. The number of hydrogen-bond acceptors (Lipinski definition) is 8. The number of aliphatic hydroxyl groups is 3. The summed E-state index contributed by atoms with van der Waals surface area (Å²) in [7, 11) is 0. The zero-order valence-electron chi connectivity index (χ0n) is 18.3. The minimum Gasteiger partial charge on any atom is -0.442 e. The maximum absolute atomic E-state index is 13.5. The Labute approximate surface area is 176 Å². The highest BCUT2D eigenvalue weighted by molar-refractivity contribution is 5.92. The van der Waals surface area contributed by atoms with Gasteiger partial charge in [0, 0.05) is 17.8 Å². The number of ether oxygens (including phenoxy) is 2. The first-order valence-corrected chi connectivity index (χ1v) is 10.3. The van der Waals surface area contributed by atoms with Crippen LogP contribution in [0.2, 0.25) is 0 Å². The Morgan fingerprint density at radius 1 is 1.30 bits per heavy atom. The van der Waals surface area contributed by atoms with Gasteiger partial charge in [-0.25, -0.2) is 10.6 Å². The molecule has 1 amide bonds. The Bertz CT molecular complexity index is 772. The van der Waals surface area contributed by atoms with Gasteiger partial charge in [0.2, 0.25) is 0 Å². The molecule has 1 saturated heterocycles. The fourth-order valence-electron chi connectivity index (χ4n) is 6.56. The third kappa shape index (κ3) is 2.65. The van der Waals surface area contributed by atoms with Crippen LogP contribution in [0.4, 0.5) is 4.79 Å². The highest BCUT2D eigenvalue weighted by atomic mass is 16.6. The fraction of sp³-hybridized carbons (Fsp3) is 0.810. The van der Waals surface area contributed by atoms with Crippen LogP contribution in [0.3, 0.4) is 0 Å². The van der Waals surface area contributed by atoms with Crippen LogP contribution in [0.1, 0.15) is 53.9 Å². The molecule has 0 radical (unpaired) electrons. The van der Waals surface area contributed by atoms with Gasteiger partial charge >= 0.3 is 6.09 Å². The predicted octanol–water partition coefficient (Wildman–Crippen LogP) is 0.557. The topological polar surface area (TPSA) is 151 Å². The molecule has 3 rings (SSSR count). The largest absolute Gasteiger partial charge is 0.442 e. The summed E-state index contributed by atoms with van der Waals surface area (Å²) in [6, 6.07) is 0. The number of fused-ring (bicyclic) bond motifs is 3. The van der Waals surface area contributed by atoms with E-state index in [0.717, 1.165) is 0 Å². The Kier molecular flexibility index (Phi) is 5.20. The summed E-state index contributed by atoms with van der Waals surface area (Å²) in [4.78, 5) is 25.6. The molecule has 8 atom stereocenters. The highest BCUT2D eigenvalue weighted by Gasteiger charge is 2.81. The van der Waals surface area contributed by atoms with Crippen LogP contribution in [0.5, 0.6) is 0 Å². The lowest BCUT2D eigenvalue weighted by atomic mass is 9.40. The molecule has 170 valence electrons. The van der Waals surface area contributed by atoms with Crippen molar-refractivity contribution in [3.63, 3.8) is 0 Å². The summed E-state index contributed by atoms with van der Waals surface area (Å²) >= 11 is 0. The van der Waals surface area contributed by atoms with Crippen molar-refractivity contribution in [2.45, 2.75) is 89.0 Å². The van der Waals surface area contributed by atoms with Crippen molar-refractivity contribution in [2.24, 2.45) is 22.6 Å². The van der Waals surface area contributed by atoms with Gasteiger partial charge in [0.05, 0.1) is 11.7 Å². The number of hydrazine groups is 1. The van der Waals surface area contributed by atoms with E-state index in [1.807, 2.05) is 19.3 Å². The second-order valence-corrected chi connectivity index (χ2v) is 10.3. The molecule has 2 aliphatic carbocycles. The zero-order chi connectivity index (χ0) is 22.9. The van der Waals surface area contributed by atoms with Crippen LogP contribution in [0, 0.1) is 16.7 Å². The van der Waals surface area contributed by atoms with Crippen molar-refractivity contribution in [1.82, 2.24) is 5.43 Å². The predicted molar refractivity (Wildman–Crippen MR) is 107 cm³/mol. The van der Waals surface area contributed by atoms with Gasteiger partial charge in [-0.1, -0.05) is 26.8 Å². The van der Waals surface area contributed by atoms with Crippen LogP contribution in [-0.2, 0) is 14.3 Å². The van der Waals surface area contributed by atoms with Crippen LogP contribution in [0.15, 0.2) is 12.7 Å². The van der Waals surface area contributed by atoms with Crippen LogP contribution in [0.25, 0.3) is 0 Å². The molecular formula is C21H34N2O7. The van der Waals surface area contributed by atoms with E-state index in [-0.39, 0.29) is 6.42 Å². The third-order valence-corrected chi connectivity index (χ3v) is 8.10. The number of nitrogens with one attached hydrogen (secondary N) is 1. The summed E-state index contributed by atoms with van der Waals surface area (Å²) in [5.41, 5.74) is -5.45.